The average molecular weight is 221 g/mol. The quantitative estimate of drug-likeness (QED) is 0.636. The van der Waals surface area contributed by atoms with Gasteiger partial charge in [-0.15, -0.1) is 5.10 Å². The minimum atomic E-state index is -0.439. The number of nitrogens with one attached hydrogen (secondary N) is 1. The molecule has 0 aliphatic rings. The van der Waals surface area contributed by atoms with Crippen molar-refractivity contribution in [2.24, 2.45) is 0 Å². The summed E-state index contributed by atoms with van der Waals surface area (Å²) < 4.78 is 5.44. The van der Waals surface area contributed by atoms with Gasteiger partial charge >= 0.3 is 0 Å². The highest BCUT2D eigenvalue weighted by Crippen LogP contribution is 2.27. The van der Waals surface area contributed by atoms with Crippen LogP contribution in [-0.2, 0) is 0 Å². The summed E-state index contributed by atoms with van der Waals surface area (Å²) in [5.41, 5.74) is 0.753. The molecule has 6 heteroatoms. The van der Waals surface area contributed by atoms with E-state index in [1.54, 1.807) is 6.07 Å². The molecule has 6 nitrogen and oxygen atoms in total. The number of fused-ring (bicyclic) bond motifs is 1. The second kappa shape index (κ2) is 3.80. The van der Waals surface area contributed by atoms with E-state index in [2.05, 4.69) is 10.2 Å². The molecule has 0 radical (unpaired) electrons. The summed E-state index contributed by atoms with van der Waals surface area (Å²) in [5.74, 6) is 0.397. The van der Waals surface area contributed by atoms with Crippen LogP contribution >= 0.6 is 0 Å². The number of aromatic nitrogens is 2. The summed E-state index contributed by atoms with van der Waals surface area (Å²) in [6, 6.07) is 4.50. The number of hydrogen-bond donors (Lipinski definition) is 1. The van der Waals surface area contributed by atoms with Crippen LogP contribution in [0.4, 0.5) is 5.69 Å². The monoisotopic (exact) mass is 221 g/mol. The molecule has 0 bridgehead atoms. The molecule has 0 amide bonds. The van der Waals surface area contributed by atoms with Crippen LogP contribution in [0.3, 0.4) is 0 Å². The molecule has 0 unspecified atom stereocenters. The fraction of sp³-hybridized carbons (Fsp3) is 0.300. The predicted octanol–water partition coefficient (Wildman–Crippen LogP) is 2.26. The van der Waals surface area contributed by atoms with Gasteiger partial charge in [0.25, 0.3) is 5.69 Å². The third-order valence-corrected chi connectivity index (χ3v) is 2.07. The lowest BCUT2D eigenvalue weighted by Gasteiger charge is -2.05. The Morgan fingerprint density at radius 1 is 1.50 bits per heavy atom. The Morgan fingerprint density at radius 2 is 2.25 bits per heavy atom. The standard InChI is InChI=1S/C10H11N3O3/c1-6(2)16-10-8-5-7(13(14)15)3-4-9(8)11-12-10/h3-6H,1-2H3,(H,11,12). The molecule has 0 fully saturated rings. The predicted molar refractivity (Wildman–Crippen MR) is 58.5 cm³/mol. The normalized spacial score (nSPS) is 10.9. The van der Waals surface area contributed by atoms with Gasteiger partial charge < -0.3 is 4.74 Å². The van der Waals surface area contributed by atoms with E-state index in [0.29, 0.717) is 11.3 Å². The average Bonchev–Trinajstić information content (AvgIpc) is 2.60. The van der Waals surface area contributed by atoms with Gasteiger partial charge in [-0.2, -0.15) is 0 Å². The molecular formula is C10H11N3O3. The smallest absolute Gasteiger partial charge is 0.270 e. The number of nitro benzene ring substituents is 1. The third-order valence-electron chi connectivity index (χ3n) is 2.07. The number of rotatable bonds is 3. The summed E-state index contributed by atoms with van der Waals surface area (Å²) in [7, 11) is 0. The van der Waals surface area contributed by atoms with Crippen LogP contribution in [0, 0.1) is 10.1 Å². The van der Waals surface area contributed by atoms with E-state index in [0.717, 1.165) is 5.52 Å². The van der Waals surface area contributed by atoms with Gasteiger partial charge in [-0.3, -0.25) is 15.2 Å². The molecule has 0 saturated heterocycles. The van der Waals surface area contributed by atoms with Crippen LogP contribution < -0.4 is 4.74 Å². The first kappa shape index (κ1) is 10.4. The van der Waals surface area contributed by atoms with Crippen molar-refractivity contribution in [1.29, 1.82) is 0 Å². The Kier molecular flexibility index (Phi) is 2.47. The first-order valence-corrected chi connectivity index (χ1v) is 4.87. The maximum atomic E-state index is 10.6. The van der Waals surface area contributed by atoms with Gasteiger partial charge in [0, 0.05) is 12.1 Å². The highest BCUT2D eigenvalue weighted by molar-refractivity contribution is 5.86. The number of aromatic amines is 1. The molecule has 1 heterocycles. The second-order valence-electron chi connectivity index (χ2n) is 3.68. The van der Waals surface area contributed by atoms with Crippen molar-refractivity contribution in [3.63, 3.8) is 0 Å². The number of non-ortho nitro benzene ring substituents is 1. The van der Waals surface area contributed by atoms with Crippen molar-refractivity contribution in [2.75, 3.05) is 0 Å². The van der Waals surface area contributed by atoms with Crippen molar-refractivity contribution < 1.29 is 9.66 Å². The third kappa shape index (κ3) is 1.81. The van der Waals surface area contributed by atoms with Crippen LogP contribution in [0.2, 0.25) is 0 Å². The van der Waals surface area contributed by atoms with Gasteiger partial charge in [0.1, 0.15) is 0 Å². The molecule has 84 valence electrons. The van der Waals surface area contributed by atoms with Crippen LogP contribution in [0.25, 0.3) is 10.9 Å². The van der Waals surface area contributed by atoms with E-state index in [9.17, 15) is 10.1 Å². The van der Waals surface area contributed by atoms with E-state index < -0.39 is 4.92 Å². The summed E-state index contributed by atoms with van der Waals surface area (Å²) >= 11 is 0. The largest absolute Gasteiger partial charge is 0.473 e. The molecule has 0 saturated carbocycles. The van der Waals surface area contributed by atoms with Crippen molar-refractivity contribution in [3.05, 3.63) is 28.3 Å². The lowest BCUT2D eigenvalue weighted by atomic mass is 10.2. The Balaban J connectivity index is 2.51. The fourth-order valence-corrected chi connectivity index (χ4v) is 1.40. The number of nitro groups is 1. The zero-order valence-corrected chi connectivity index (χ0v) is 8.93. The minimum Gasteiger partial charge on any atom is -0.473 e. The van der Waals surface area contributed by atoms with Crippen LogP contribution in [0.15, 0.2) is 18.2 Å². The maximum absolute atomic E-state index is 10.6. The van der Waals surface area contributed by atoms with Gasteiger partial charge in [-0.05, 0) is 19.9 Å². The molecule has 1 N–H and O–H groups in total. The molecule has 0 atom stereocenters. The molecule has 2 rings (SSSR count). The van der Waals surface area contributed by atoms with Gasteiger partial charge in [0.05, 0.1) is 21.9 Å². The number of benzene rings is 1. The summed E-state index contributed by atoms with van der Waals surface area (Å²) in [6.07, 6.45) is -0.0224. The lowest BCUT2D eigenvalue weighted by molar-refractivity contribution is -0.384. The van der Waals surface area contributed by atoms with Gasteiger partial charge in [0.2, 0.25) is 5.88 Å². The Labute approximate surface area is 91.4 Å². The zero-order chi connectivity index (χ0) is 11.7. The second-order valence-corrected chi connectivity index (χ2v) is 3.68. The number of ether oxygens (including phenoxy) is 1. The van der Waals surface area contributed by atoms with Crippen molar-refractivity contribution in [3.8, 4) is 5.88 Å². The van der Waals surface area contributed by atoms with Crippen molar-refractivity contribution in [2.45, 2.75) is 20.0 Å². The molecule has 1 aromatic heterocycles. The molecule has 2 aromatic rings. The first-order chi connectivity index (χ1) is 7.58. The Hall–Kier alpha value is -2.11. The van der Waals surface area contributed by atoms with Gasteiger partial charge in [-0.1, -0.05) is 0 Å². The fourth-order valence-electron chi connectivity index (χ4n) is 1.40. The van der Waals surface area contributed by atoms with Crippen molar-refractivity contribution in [1.82, 2.24) is 10.2 Å². The highest BCUT2D eigenvalue weighted by Gasteiger charge is 2.13. The number of hydrogen-bond acceptors (Lipinski definition) is 4. The molecule has 16 heavy (non-hydrogen) atoms. The van der Waals surface area contributed by atoms with Crippen LogP contribution in [-0.4, -0.2) is 21.2 Å². The Morgan fingerprint density at radius 3 is 2.88 bits per heavy atom. The molecule has 0 aliphatic carbocycles. The molecule has 1 aromatic carbocycles. The van der Waals surface area contributed by atoms with Gasteiger partial charge in [-0.25, -0.2) is 0 Å². The summed E-state index contributed by atoms with van der Waals surface area (Å²) in [6.45, 7) is 3.75. The SMILES string of the molecule is CC(C)Oc1n[nH]c2ccc([N+](=O)[O-])cc12. The van der Waals surface area contributed by atoms with Gasteiger partial charge in [0.15, 0.2) is 0 Å². The van der Waals surface area contributed by atoms with Crippen LogP contribution in [0.1, 0.15) is 13.8 Å². The lowest BCUT2D eigenvalue weighted by Crippen LogP contribution is -2.05. The van der Waals surface area contributed by atoms with E-state index in [4.69, 9.17) is 4.74 Å². The number of nitrogens with zero attached hydrogens (tertiary/aromatic N) is 2. The summed E-state index contributed by atoms with van der Waals surface area (Å²) in [5, 5.41) is 18.0. The summed E-state index contributed by atoms with van der Waals surface area (Å²) in [4.78, 5) is 10.2. The maximum Gasteiger partial charge on any atom is 0.270 e. The highest BCUT2D eigenvalue weighted by atomic mass is 16.6. The number of H-pyrrole nitrogens is 1. The molecule has 0 aliphatic heterocycles. The van der Waals surface area contributed by atoms with Crippen molar-refractivity contribution >= 4 is 16.6 Å². The zero-order valence-electron chi connectivity index (χ0n) is 8.93. The van der Waals surface area contributed by atoms with E-state index in [1.165, 1.54) is 12.1 Å². The molecule has 0 spiro atoms. The molecular weight excluding hydrogens is 210 g/mol. The van der Waals surface area contributed by atoms with E-state index in [1.807, 2.05) is 13.8 Å². The first-order valence-electron chi connectivity index (χ1n) is 4.87. The topological polar surface area (TPSA) is 81.0 Å². The van der Waals surface area contributed by atoms with E-state index in [-0.39, 0.29) is 11.8 Å². The van der Waals surface area contributed by atoms with E-state index >= 15 is 0 Å². The minimum absolute atomic E-state index is 0.0224. The van der Waals surface area contributed by atoms with Crippen LogP contribution in [0.5, 0.6) is 5.88 Å². The Bertz CT molecular complexity index is 533.